The fraction of sp³-hybridized carbons (Fsp3) is 0.636. The average molecular weight is 413 g/mol. The number of piperidine rings is 1. The minimum absolute atomic E-state index is 0.00646. The summed E-state index contributed by atoms with van der Waals surface area (Å²) in [5, 5.41) is 0.943. The predicted molar refractivity (Wildman–Crippen MR) is 118 cm³/mol. The number of anilines is 1. The molecule has 1 atom stereocenters. The van der Waals surface area contributed by atoms with Crippen LogP contribution in [-0.4, -0.2) is 70.6 Å². The van der Waals surface area contributed by atoms with Gasteiger partial charge in [0.2, 0.25) is 5.95 Å². The number of pyridine rings is 1. The Balaban J connectivity index is 1.68. The van der Waals surface area contributed by atoms with E-state index in [0.717, 1.165) is 61.7 Å². The molecule has 2 aliphatic rings. The molecule has 2 amide bonds. The number of carbonyl (C=O) groups is 1. The molecule has 1 aliphatic heterocycles. The van der Waals surface area contributed by atoms with Crippen molar-refractivity contribution in [3.8, 4) is 0 Å². The first-order chi connectivity index (χ1) is 14.4. The molecule has 0 spiro atoms. The van der Waals surface area contributed by atoms with Gasteiger partial charge in [0, 0.05) is 57.9 Å². The number of carbonyl (C=O) groups excluding carboxylic acids is 1. The first kappa shape index (κ1) is 20.6. The normalized spacial score (nSPS) is 20.0. The molecule has 162 valence electrons. The van der Waals surface area contributed by atoms with Crippen molar-refractivity contribution in [3.63, 3.8) is 0 Å². The van der Waals surface area contributed by atoms with Crippen molar-refractivity contribution in [3.05, 3.63) is 28.2 Å². The maximum atomic E-state index is 12.8. The number of nitrogens with zero attached hydrogens (tertiary/aromatic N) is 6. The van der Waals surface area contributed by atoms with Crippen LogP contribution in [0.5, 0.6) is 0 Å². The molecule has 30 heavy (non-hydrogen) atoms. The van der Waals surface area contributed by atoms with Crippen molar-refractivity contribution in [2.45, 2.75) is 57.5 Å². The quantitative estimate of drug-likeness (QED) is 0.775. The predicted octanol–water partition coefficient (Wildman–Crippen LogP) is 2.80. The molecule has 0 bridgehead atoms. The van der Waals surface area contributed by atoms with Crippen LogP contribution < -0.4 is 10.5 Å². The molecule has 8 nitrogen and oxygen atoms in total. The highest BCUT2D eigenvalue weighted by atomic mass is 16.2. The average Bonchev–Trinajstić information content (AvgIpc) is 3.26. The zero-order chi connectivity index (χ0) is 21.4. The SMILES string of the molecule is Cc1cc(=O)n(C2CCCC2)c2nc(N3CCCC(N(C)C(=O)N(C)C)C3)ncc12. The van der Waals surface area contributed by atoms with Gasteiger partial charge in [-0.25, -0.2) is 9.78 Å². The molecule has 1 aliphatic carbocycles. The molecular weight excluding hydrogens is 380 g/mol. The van der Waals surface area contributed by atoms with Crippen LogP contribution in [0.25, 0.3) is 11.0 Å². The highest BCUT2D eigenvalue weighted by molar-refractivity contribution is 5.79. The summed E-state index contributed by atoms with van der Waals surface area (Å²) in [4.78, 5) is 40.4. The van der Waals surface area contributed by atoms with E-state index >= 15 is 0 Å². The van der Waals surface area contributed by atoms with Crippen LogP contribution in [0.4, 0.5) is 10.7 Å². The number of aromatic nitrogens is 3. The van der Waals surface area contributed by atoms with E-state index in [1.54, 1.807) is 25.1 Å². The van der Waals surface area contributed by atoms with Gasteiger partial charge in [-0.1, -0.05) is 12.8 Å². The number of fused-ring (bicyclic) bond motifs is 1. The molecule has 2 fully saturated rings. The van der Waals surface area contributed by atoms with Gasteiger partial charge in [0.1, 0.15) is 5.65 Å². The lowest BCUT2D eigenvalue weighted by Gasteiger charge is -2.38. The number of hydrogen-bond acceptors (Lipinski definition) is 5. The van der Waals surface area contributed by atoms with E-state index in [4.69, 9.17) is 4.98 Å². The number of rotatable bonds is 3. The van der Waals surface area contributed by atoms with Crippen LogP contribution in [0, 0.1) is 6.92 Å². The van der Waals surface area contributed by atoms with Gasteiger partial charge < -0.3 is 14.7 Å². The molecule has 4 rings (SSSR count). The van der Waals surface area contributed by atoms with Gasteiger partial charge >= 0.3 is 6.03 Å². The van der Waals surface area contributed by atoms with E-state index in [1.807, 2.05) is 29.6 Å². The lowest BCUT2D eigenvalue weighted by atomic mass is 10.1. The number of amides is 2. The zero-order valence-electron chi connectivity index (χ0n) is 18.5. The van der Waals surface area contributed by atoms with Crippen LogP contribution in [0.2, 0.25) is 0 Å². The van der Waals surface area contributed by atoms with Gasteiger partial charge in [-0.3, -0.25) is 9.36 Å². The zero-order valence-corrected chi connectivity index (χ0v) is 18.5. The van der Waals surface area contributed by atoms with Gasteiger partial charge in [-0.05, 0) is 38.2 Å². The van der Waals surface area contributed by atoms with Crippen molar-refractivity contribution in [1.82, 2.24) is 24.3 Å². The maximum absolute atomic E-state index is 12.8. The van der Waals surface area contributed by atoms with Gasteiger partial charge in [-0.2, -0.15) is 4.98 Å². The summed E-state index contributed by atoms with van der Waals surface area (Å²) < 4.78 is 1.89. The van der Waals surface area contributed by atoms with Gasteiger partial charge in [0.15, 0.2) is 0 Å². The minimum Gasteiger partial charge on any atom is -0.339 e. The second-order valence-electron chi connectivity index (χ2n) is 8.91. The lowest BCUT2D eigenvalue weighted by molar-refractivity contribution is 0.157. The monoisotopic (exact) mass is 412 g/mol. The summed E-state index contributed by atoms with van der Waals surface area (Å²) in [5.74, 6) is 0.648. The second-order valence-corrected chi connectivity index (χ2v) is 8.91. The molecule has 1 saturated carbocycles. The van der Waals surface area contributed by atoms with E-state index in [1.165, 1.54) is 0 Å². The molecule has 0 radical (unpaired) electrons. The van der Waals surface area contributed by atoms with Crippen molar-refractivity contribution in [2.75, 3.05) is 39.1 Å². The smallest absolute Gasteiger partial charge is 0.319 e. The van der Waals surface area contributed by atoms with Crippen LogP contribution in [0.15, 0.2) is 17.1 Å². The molecule has 0 aromatic carbocycles. The summed E-state index contributed by atoms with van der Waals surface area (Å²) in [6.07, 6.45) is 8.17. The summed E-state index contributed by atoms with van der Waals surface area (Å²) in [6.45, 7) is 3.50. The summed E-state index contributed by atoms with van der Waals surface area (Å²) in [5.41, 5.74) is 1.70. The molecule has 8 heteroatoms. The molecule has 1 unspecified atom stereocenters. The third kappa shape index (κ3) is 3.75. The first-order valence-corrected chi connectivity index (χ1v) is 10.9. The van der Waals surface area contributed by atoms with Crippen molar-refractivity contribution in [1.29, 1.82) is 0 Å². The molecule has 0 N–H and O–H groups in total. The lowest BCUT2D eigenvalue weighted by Crippen LogP contribution is -2.51. The van der Waals surface area contributed by atoms with E-state index < -0.39 is 0 Å². The standard InChI is InChI=1S/C22H32N6O2/c1-15-12-19(29)28(16-8-5-6-9-16)20-18(15)13-23-21(24-20)27-11-7-10-17(14-27)26(4)22(30)25(2)3/h12-13,16-17H,5-11,14H2,1-4H3. The van der Waals surface area contributed by atoms with Gasteiger partial charge in [-0.15, -0.1) is 0 Å². The molecule has 1 saturated heterocycles. The number of hydrogen-bond donors (Lipinski definition) is 0. The van der Waals surface area contributed by atoms with Crippen LogP contribution in [-0.2, 0) is 0 Å². The number of aryl methyl sites for hydroxylation is 1. The minimum atomic E-state index is 0.00646. The largest absolute Gasteiger partial charge is 0.339 e. The third-order valence-corrected chi connectivity index (χ3v) is 6.59. The fourth-order valence-electron chi connectivity index (χ4n) is 4.85. The summed E-state index contributed by atoms with van der Waals surface area (Å²) in [6, 6.07) is 2.05. The first-order valence-electron chi connectivity index (χ1n) is 10.9. The van der Waals surface area contributed by atoms with Crippen molar-refractivity contribution in [2.24, 2.45) is 0 Å². The van der Waals surface area contributed by atoms with E-state index in [0.29, 0.717) is 12.5 Å². The molecule has 2 aromatic heterocycles. The summed E-state index contributed by atoms with van der Waals surface area (Å²) >= 11 is 0. The Bertz CT molecular complexity index is 995. The molecule has 2 aromatic rings. The Hall–Kier alpha value is -2.64. The Kier molecular flexibility index (Phi) is 5.66. The Morgan fingerprint density at radius 2 is 1.87 bits per heavy atom. The van der Waals surface area contributed by atoms with E-state index in [2.05, 4.69) is 9.88 Å². The molecule has 3 heterocycles. The number of likely N-dealkylation sites (N-methyl/N-ethyl adjacent to an activating group) is 1. The Morgan fingerprint density at radius 1 is 1.13 bits per heavy atom. The summed E-state index contributed by atoms with van der Waals surface area (Å²) in [7, 11) is 5.41. The van der Waals surface area contributed by atoms with Crippen LogP contribution >= 0.6 is 0 Å². The third-order valence-electron chi connectivity index (χ3n) is 6.59. The van der Waals surface area contributed by atoms with Crippen molar-refractivity contribution >= 4 is 23.0 Å². The second kappa shape index (κ2) is 8.24. The van der Waals surface area contributed by atoms with Crippen LogP contribution in [0.1, 0.15) is 50.1 Å². The number of urea groups is 1. The highest BCUT2D eigenvalue weighted by Crippen LogP contribution is 2.31. The Labute approximate surface area is 177 Å². The molecular formula is C22H32N6O2. The maximum Gasteiger partial charge on any atom is 0.319 e. The van der Waals surface area contributed by atoms with Crippen molar-refractivity contribution < 1.29 is 4.79 Å². The van der Waals surface area contributed by atoms with Crippen LogP contribution in [0.3, 0.4) is 0 Å². The van der Waals surface area contributed by atoms with Gasteiger partial charge in [0.25, 0.3) is 5.56 Å². The van der Waals surface area contributed by atoms with Gasteiger partial charge in [0.05, 0.1) is 6.04 Å². The Morgan fingerprint density at radius 3 is 2.57 bits per heavy atom. The topological polar surface area (TPSA) is 74.6 Å². The van der Waals surface area contributed by atoms with E-state index in [-0.39, 0.29) is 23.7 Å². The highest BCUT2D eigenvalue weighted by Gasteiger charge is 2.29. The van der Waals surface area contributed by atoms with E-state index in [9.17, 15) is 9.59 Å². The fourth-order valence-corrected chi connectivity index (χ4v) is 4.85.